The SMILES string of the molecule is NS(=O)(=O)C1([N+](=O)[O-])C=C(Cl)C=CC1. The third kappa shape index (κ3) is 1.66. The van der Waals surface area contributed by atoms with Crippen LogP contribution in [0, 0.1) is 10.1 Å². The smallest absolute Gasteiger partial charge is 0.262 e. The van der Waals surface area contributed by atoms with Crippen LogP contribution in [-0.4, -0.2) is 18.2 Å². The standard InChI is InChI=1S/C6H7ClN2O4S/c7-5-2-1-3-6(4-5,9(10)11)14(8,12)13/h1-2,4H,3H2,(H2,8,12,13). The third-order valence-electron chi connectivity index (χ3n) is 1.85. The van der Waals surface area contributed by atoms with E-state index >= 15 is 0 Å². The van der Waals surface area contributed by atoms with Gasteiger partial charge in [0.15, 0.2) is 0 Å². The van der Waals surface area contributed by atoms with Crippen LogP contribution in [0.15, 0.2) is 23.3 Å². The maximum Gasteiger partial charge on any atom is 0.355 e. The first-order valence-corrected chi connectivity index (χ1v) is 5.44. The molecule has 0 saturated carbocycles. The Morgan fingerprint density at radius 1 is 1.64 bits per heavy atom. The lowest BCUT2D eigenvalue weighted by molar-refractivity contribution is -0.526. The number of sulfonamides is 1. The van der Waals surface area contributed by atoms with Crippen molar-refractivity contribution in [3.8, 4) is 0 Å². The number of primary sulfonamides is 1. The Bertz CT molecular complexity index is 427. The number of rotatable bonds is 2. The molecule has 8 heteroatoms. The molecule has 0 radical (unpaired) electrons. The van der Waals surface area contributed by atoms with Crippen molar-refractivity contribution in [3.63, 3.8) is 0 Å². The Hall–Kier alpha value is -0.920. The fourth-order valence-electron chi connectivity index (χ4n) is 1.09. The molecule has 0 saturated heterocycles. The minimum absolute atomic E-state index is 0.0121. The molecule has 1 atom stereocenters. The van der Waals surface area contributed by atoms with Gasteiger partial charge in [-0.3, -0.25) is 10.1 Å². The van der Waals surface area contributed by atoms with Crippen molar-refractivity contribution < 1.29 is 13.3 Å². The molecule has 0 aromatic heterocycles. The minimum atomic E-state index is -4.33. The van der Waals surface area contributed by atoms with Crippen molar-refractivity contribution in [2.24, 2.45) is 5.14 Å². The topological polar surface area (TPSA) is 103 Å². The van der Waals surface area contributed by atoms with Crippen molar-refractivity contribution in [1.29, 1.82) is 0 Å². The monoisotopic (exact) mass is 238 g/mol. The zero-order valence-electron chi connectivity index (χ0n) is 6.88. The lowest BCUT2D eigenvalue weighted by atomic mass is 10.1. The molecule has 6 nitrogen and oxygen atoms in total. The molecule has 2 N–H and O–H groups in total. The molecule has 1 rings (SSSR count). The summed E-state index contributed by atoms with van der Waals surface area (Å²) in [6.45, 7) is 0. The van der Waals surface area contributed by atoms with Crippen LogP contribution in [0.3, 0.4) is 0 Å². The first-order valence-electron chi connectivity index (χ1n) is 3.51. The second-order valence-corrected chi connectivity index (χ2v) is 5.02. The van der Waals surface area contributed by atoms with E-state index < -0.39 is 19.8 Å². The Morgan fingerprint density at radius 3 is 2.50 bits per heavy atom. The lowest BCUT2D eigenvalue weighted by Gasteiger charge is -2.20. The van der Waals surface area contributed by atoms with Crippen LogP contribution < -0.4 is 5.14 Å². The van der Waals surface area contributed by atoms with Crippen LogP contribution in [0.2, 0.25) is 0 Å². The van der Waals surface area contributed by atoms with E-state index in [1.54, 1.807) is 0 Å². The quantitative estimate of drug-likeness (QED) is 0.553. The van der Waals surface area contributed by atoms with Gasteiger partial charge in [-0.05, 0) is 6.08 Å². The highest BCUT2D eigenvalue weighted by atomic mass is 35.5. The molecule has 0 aromatic carbocycles. The van der Waals surface area contributed by atoms with E-state index in [2.05, 4.69) is 0 Å². The Balaban J connectivity index is 3.36. The number of allylic oxidation sites excluding steroid dienone is 2. The Morgan fingerprint density at radius 2 is 2.21 bits per heavy atom. The fourth-order valence-corrected chi connectivity index (χ4v) is 2.25. The average molecular weight is 239 g/mol. The lowest BCUT2D eigenvalue weighted by Crippen LogP contribution is -2.48. The van der Waals surface area contributed by atoms with Gasteiger partial charge in [-0.15, -0.1) is 0 Å². The summed E-state index contributed by atoms with van der Waals surface area (Å²) in [5.41, 5.74) is 0. The first-order chi connectivity index (χ1) is 6.29. The predicted octanol–water partition coefficient (Wildman–Crippen LogP) is 0.331. The Kier molecular flexibility index (Phi) is 2.66. The van der Waals surface area contributed by atoms with Gasteiger partial charge in [0.2, 0.25) is 0 Å². The summed E-state index contributed by atoms with van der Waals surface area (Å²) >= 11 is 5.50. The second kappa shape index (κ2) is 3.34. The Labute approximate surface area is 85.2 Å². The van der Waals surface area contributed by atoms with Crippen molar-refractivity contribution >= 4 is 21.6 Å². The molecule has 0 aromatic rings. The van der Waals surface area contributed by atoms with E-state index in [1.807, 2.05) is 0 Å². The summed E-state index contributed by atoms with van der Waals surface area (Å²) in [5, 5.41) is 15.5. The van der Waals surface area contributed by atoms with Crippen LogP contribution in [0.25, 0.3) is 0 Å². The molecule has 1 aliphatic carbocycles. The van der Waals surface area contributed by atoms with Crippen molar-refractivity contribution in [1.82, 2.24) is 0 Å². The second-order valence-electron chi connectivity index (χ2n) is 2.78. The van der Waals surface area contributed by atoms with Crippen LogP contribution in [0.1, 0.15) is 6.42 Å². The number of nitrogens with two attached hydrogens (primary N) is 1. The predicted molar refractivity (Wildman–Crippen MR) is 50.5 cm³/mol. The van der Waals surface area contributed by atoms with Gasteiger partial charge < -0.3 is 0 Å². The van der Waals surface area contributed by atoms with E-state index in [0.717, 1.165) is 6.08 Å². The number of halogens is 1. The molecule has 0 fully saturated rings. The van der Waals surface area contributed by atoms with Crippen molar-refractivity contribution in [3.05, 3.63) is 33.4 Å². The molecule has 0 amide bonds. The van der Waals surface area contributed by atoms with E-state index in [1.165, 1.54) is 12.2 Å². The van der Waals surface area contributed by atoms with E-state index in [9.17, 15) is 18.5 Å². The number of nitrogens with zero attached hydrogens (tertiary/aromatic N) is 1. The largest absolute Gasteiger partial charge is 0.355 e. The number of nitro groups is 1. The summed E-state index contributed by atoms with van der Waals surface area (Å²) in [4.78, 5) is 7.41. The van der Waals surface area contributed by atoms with Crippen molar-refractivity contribution in [2.45, 2.75) is 11.3 Å². The van der Waals surface area contributed by atoms with Crippen LogP contribution >= 0.6 is 11.6 Å². The van der Waals surface area contributed by atoms with Gasteiger partial charge in [0.05, 0.1) is 6.42 Å². The molecule has 0 heterocycles. The highest BCUT2D eigenvalue weighted by molar-refractivity contribution is 7.90. The van der Waals surface area contributed by atoms with Gasteiger partial charge in [-0.1, -0.05) is 17.7 Å². The van der Waals surface area contributed by atoms with E-state index in [-0.39, 0.29) is 11.5 Å². The van der Waals surface area contributed by atoms with Crippen LogP contribution in [0.5, 0.6) is 0 Å². The molecular formula is C6H7ClN2O4S. The normalized spacial score (nSPS) is 27.1. The van der Waals surface area contributed by atoms with Gasteiger partial charge in [0.1, 0.15) is 0 Å². The molecule has 0 bridgehead atoms. The van der Waals surface area contributed by atoms with E-state index in [0.29, 0.717) is 0 Å². The summed E-state index contributed by atoms with van der Waals surface area (Å²) in [6.07, 6.45) is 3.21. The van der Waals surface area contributed by atoms with Gasteiger partial charge in [-0.25, -0.2) is 13.6 Å². The van der Waals surface area contributed by atoms with E-state index in [4.69, 9.17) is 16.7 Å². The third-order valence-corrected chi connectivity index (χ3v) is 3.51. The fraction of sp³-hybridized carbons (Fsp3) is 0.333. The van der Waals surface area contributed by atoms with Gasteiger partial charge in [0, 0.05) is 16.0 Å². The van der Waals surface area contributed by atoms with Crippen LogP contribution in [0.4, 0.5) is 0 Å². The highest BCUT2D eigenvalue weighted by Crippen LogP contribution is 2.29. The maximum atomic E-state index is 11.1. The maximum absolute atomic E-state index is 11.1. The van der Waals surface area contributed by atoms with Crippen molar-refractivity contribution in [2.75, 3.05) is 0 Å². The summed E-state index contributed by atoms with van der Waals surface area (Å²) < 4.78 is 22.2. The van der Waals surface area contributed by atoms with Gasteiger partial charge >= 0.3 is 4.87 Å². The van der Waals surface area contributed by atoms with Gasteiger partial charge in [-0.2, -0.15) is 0 Å². The minimum Gasteiger partial charge on any atom is -0.262 e. The number of hydrogen-bond acceptors (Lipinski definition) is 4. The molecule has 1 aliphatic rings. The summed E-state index contributed by atoms with van der Waals surface area (Å²) in [7, 11) is -4.33. The molecule has 1 unspecified atom stereocenters. The summed E-state index contributed by atoms with van der Waals surface area (Å²) in [6, 6.07) is 0. The zero-order valence-corrected chi connectivity index (χ0v) is 8.46. The summed E-state index contributed by atoms with van der Waals surface area (Å²) in [5.74, 6) is 0. The first kappa shape index (κ1) is 11.2. The molecule has 0 spiro atoms. The highest BCUT2D eigenvalue weighted by Gasteiger charge is 2.52. The zero-order chi connectivity index (χ0) is 11.0. The number of hydrogen-bond donors (Lipinski definition) is 1. The molecule has 0 aliphatic heterocycles. The molecular weight excluding hydrogens is 232 g/mol. The van der Waals surface area contributed by atoms with Crippen LogP contribution in [-0.2, 0) is 10.0 Å². The average Bonchev–Trinajstić information content (AvgIpc) is 2.01. The van der Waals surface area contributed by atoms with Gasteiger partial charge in [0.25, 0.3) is 10.0 Å². The molecule has 78 valence electrons. The molecule has 14 heavy (non-hydrogen) atoms.